The molecule has 118 valence electrons. The number of hydrogen-bond donors (Lipinski definition) is 0. The number of anilines is 2. The highest BCUT2D eigenvalue weighted by Crippen LogP contribution is 2.35. The summed E-state index contributed by atoms with van der Waals surface area (Å²) >= 11 is 0. The summed E-state index contributed by atoms with van der Waals surface area (Å²) in [5.41, 5.74) is 2.31. The molecule has 0 aliphatic carbocycles. The van der Waals surface area contributed by atoms with Gasteiger partial charge in [-0.2, -0.15) is 0 Å². The maximum absolute atomic E-state index is 5.85. The van der Waals surface area contributed by atoms with E-state index in [9.17, 15) is 0 Å². The van der Waals surface area contributed by atoms with Gasteiger partial charge in [0.1, 0.15) is 18.2 Å². The van der Waals surface area contributed by atoms with Crippen molar-refractivity contribution in [3.05, 3.63) is 36.4 Å². The number of imidazole rings is 1. The van der Waals surface area contributed by atoms with Crippen molar-refractivity contribution in [1.82, 2.24) is 9.55 Å². The molecule has 0 saturated heterocycles. The minimum absolute atomic E-state index is 0.425. The van der Waals surface area contributed by atoms with E-state index in [1.54, 1.807) is 0 Å². The van der Waals surface area contributed by atoms with Crippen molar-refractivity contribution in [3.8, 4) is 5.75 Å². The molecule has 1 aliphatic heterocycles. The standard InChI is InChI=1S/C17H24N4O/c1-13(2)21-8-7-18-17(21)12-20-9-10-22-16-11-14(19(3)4)5-6-15(16)20/h5-8,11,13H,9-10,12H2,1-4H3. The van der Waals surface area contributed by atoms with Crippen LogP contribution in [0.2, 0.25) is 0 Å². The van der Waals surface area contributed by atoms with Crippen LogP contribution in [0.1, 0.15) is 25.7 Å². The Balaban J connectivity index is 1.87. The predicted octanol–water partition coefficient (Wildman–Crippen LogP) is 2.93. The number of fused-ring (bicyclic) bond motifs is 1. The number of nitrogens with zero attached hydrogens (tertiary/aromatic N) is 4. The summed E-state index contributed by atoms with van der Waals surface area (Å²) in [4.78, 5) is 8.96. The van der Waals surface area contributed by atoms with Gasteiger partial charge in [-0.25, -0.2) is 4.98 Å². The van der Waals surface area contributed by atoms with Crippen LogP contribution in [0.25, 0.3) is 0 Å². The first-order valence-electron chi connectivity index (χ1n) is 7.77. The highest BCUT2D eigenvalue weighted by atomic mass is 16.5. The van der Waals surface area contributed by atoms with E-state index in [0.717, 1.165) is 36.0 Å². The Kier molecular flexibility index (Phi) is 3.96. The second-order valence-corrected chi connectivity index (χ2v) is 6.16. The fourth-order valence-corrected chi connectivity index (χ4v) is 2.82. The van der Waals surface area contributed by atoms with Crippen LogP contribution in [-0.4, -0.2) is 36.8 Å². The van der Waals surface area contributed by atoms with E-state index in [0.29, 0.717) is 12.6 Å². The maximum Gasteiger partial charge on any atom is 0.144 e. The van der Waals surface area contributed by atoms with Crippen molar-refractivity contribution in [2.45, 2.75) is 26.4 Å². The number of aromatic nitrogens is 2. The van der Waals surface area contributed by atoms with Gasteiger partial charge in [0.15, 0.2) is 0 Å². The van der Waals surface area contributed by atoms with Crippen molar-refractivity contribution in [2.75, 3.05) is 37.0 Å². The Labute approximate surface area is 132 Å². The lowest BCUT2D eigenvalue weighted by molar-refractivity contribution is 0.306. The quantitative estimate of drug-likeness (QED) is 0.869. The highest BCUT2D eigenvalue weighted by Gasteiger charge is 2.20. The third kappa shape index (κ3) is 2.75. The lowest BCUT2D eigenvalue weighted by atomic mass is 10.2. The SMILES string of the molecule is CC(C)n1ccnc1CN1CCOc2cc(N(C)C)ccc21. The van der Waals surface area contributed by atoms with Gasteiger partial charge in [-0.3, -0.25) is 0 Å². The predicted molar refractivity (Wildman–Crippen MR) is 89.9 cm³/mol. The Hall–Kier alpha value is -2.17. The summed E-state index contributed by atoms with van der Waals surface area (Å²) in [6, 6.07) is 6.81. The number of hydrogen-bond acceptors (Lipinski definition) is 4. The molecule has 0 radical (unpaired) electrons. The zero-order valence-corrected chi connectivity index (χ0v) is 13.8. The number of ether oxygens (including phenoxy) is 1. The molecular weight excluding hydrogens is 276 g/mol. The molecule has 0 saturated carbocycles. The summed E-state index contributed by atoms with van der Waals surface area (Å²) in [5, 5.41) is 0. The first-order valence-corrected chi connectivity index (χ1v) is 7.77. The van der Waals surface area contributed by atoms with Crippen LogP contribution in [0.4, 0.5) is 11.4 Å². The van der Waals surface area contributed by atoms with E-state index in [2.05, 4.69) is 57.6 Å². The molecule has 3 rings (SSSR count). The Morgan fingerprint density at radius 3 is 2.86 bits per heavy atom. The van der Waals surface area contributed by atoms with Crippen LogP contribution in [-0.2, 0) is 6.54 Å². The second kappa shape index (κ2) is 5.91. The fourth-order valence-electron chi connectivity index (χ4n) is 2.82. The van der Waals surface area contributed by atoms with Crippen molar-refractivity contribution in [3.63, 3.8) is 0 Å². The summed E-state index contributed by atoms with van der Waals surface area (Å²) in [6.45, 7) is 6.78. The van der Waals surface area contributed by atoms with Gasteiger partial charge in [0.2, 0.25) is 0 Å². The smallest absolute Gasteiger partial charge is 0.144 e. The molecule has 0 unspecified atom stereocenters. The molecule has 2 heterocycles. The van der Waals surface area contributed by atoms with Crippen molar-refractivity contribution >= 4 is 11.4 Å². The van der Waals surface area contributed by atoms with E-state index in [-0.39, 0.29) is 0 Å². The van der Waals surface area contributed by atoms with Gasteiger partial charge in [-0.05, 0) is 26.0 Å². The van der Waals surface area contributed by atoms with Gasteiger partial charge < -0.3 is 19.1 Å². The summed E-state index contributed by atoms with van der Waals surface area (Å²) in [7, 11) is 4.09. The molecule has 0 bridgehead atoms. The lowest BCUT2D eigenvalue weighted by Gasteiger charge is -2.32. The van der Waals surface area contributed by atoms with Crippen LogP contribution < -0.4 is 14.5 Å². The minimum Gasteiger partial charge on any atom is -0.489 e. The third-order valence-electron chi connectivity index (χ3n) is 4.06. The molecule has 22 heavy (non-hydrogen) atoms. The van der Waals surface area contributed by atoms with Crippen LogP contribution in [0.5, 0.6) is 5.75 Å². The number of benzene rings is 1. The molecule has 0 spiro atoms. The van der Waals surface area contributed by atoms with Gasteiger partial charge in [-0.15, -0.1) is 0 Å². The monoisotopic (exact) mass is 300 g/mol. The van der Waals surface area contributed by atoms with Crippen molar-refractivity contribution < 1.29 is 4.74 Å². The van der Waals surface area contributed by atoms with Crippen LogP contribution in [0, 0.1) is 0 Å². The van der Waals surface area contributed by atoms with Crippen LogP contribution in [0.3, 0.4) is 0 Å². The summed E-state index contributed by atoms with van der Waals surface area (Å²) < 4.78 is 8.07. The lowest BCUT2D eigenvalue weighted by Crippen LogP contribution is -2.33. The van der Waals surface area contributed by atoms with Crippen molar-refractivity contribution in [1.29, 1.82) is 0 Å². The average molecular weight is 300 g/mol. The molecule has 5 nitrogen and oxygen atoms in total. The van der Waals surface area contributed by atoms with E-state index in [1.807, 2.05) is 20.3 Å². The first-order chi connectivity index (χ1) is 10.6. The van der Waals surface area contributed by atoms with E-state index in [1.165, 1.54) is 0 Å². The first kappa shape index (κ1) is 14.8. The molecule has 0 fully saturated rings. The van der Waals surface area contributed by atoms with Gasteiger partial charge in [0.05, 0.1) is 18.8 Å². The zero-order valence-electron chi connectivity index (χ0n) is 13.8. The highest BCUT2D eigenvalue weighted by molar-refractivity contribution is 5.66. The number of rotatable bonds is 4. The van der Waals surface area contributed by atoms with Crippen molar-refractivity contribution in [2.24, 2.45) is 0 Å². The Bertz CT molecular complexity index is 648. The molecule has 0 N–H and O–H groups in total. The van der Waals surface area contributed by atoms with E-state index < -0.39 is 0 Å². The minimum atomic E-state index is 0.425. The molecule has 1 aromatic heterocycles. The second-order valence-electron chi connectivity index (χ2n) is 6.16. The maximum atomic E-state index is 5.85. The van der Waals surface area contributed by atoms with E-state index >= 15 is 0 Å². The average Bonchev–Trinajstić information content (AvgIpc) is 2.95. The normalized spacial score (nSPS) is 14.0. The summed E-state index contributed by atoms with van der Waals surface area (Å²) in [6.07, 6.45) is 3.93. The van der Waals surface area contributed by atoms with Gasteiger partial charge >= 0.3 is 0 Å². The van der Waals surface area contributed by atoms with Gasteiger partial charge in [0.25, 0.3) is 0 Å². The third-order valence-corrected chi connectivity index (χ3v) is 4.06. The molecule has 1 aromatic carbocycles. The van der Waals surface area contributed by atoms with Crippen LogP contribution >= 0.6 is 0 Å². The van der Waals surface area contributed by atoms with Gasteiger partial charge in [0, 0.05) is 44.3 Å². The van der Waals surface area contributed by atoms with Crippen LogP contribution in [0.15, 0.2) is 30.6 Å². The topological polar surface area (TPSA) is 33.5 Å². The van der Waals surface area contributed by atoms with E-state index in [4.69, 9.17) is 4.74 Å². The zero-order chi connectivity index (χ0) is 15.7. The largest absolute Gasteiger partial charge is 0.489 e. The fraction of sp³-hybridized carbons (Fsp3) is 0.471. The molecule has 0 atom stereocenters. The Morgan fingerprint density at radius 2 is 2.14 bits per heavy atom. The Morgan fingerprint density at radius 1 is 1.32 bits per heavy atom. The molecular formula is C17H24N4O. The van der Waals surface area contributed by atoms with Gasteiger partial charge in [-0.1, -0.05) is 0 Å². The molecule has 5 heteroatoms. The molecule has 2 aromatic rings. The molecule has 1 aliphatic rings. The summed E-state index contributed by atoms with van der Waals surface area (Å²) in [5.74, 6) is 2.06. The molecule has 0 amide bonds.